The molecule has 0 aliphatic rings. The summed E-state index contributed by atoms with van der Waals surface area (Å²) in [6.45, 7) is 3.02. The molecule has 0 radical (unpaired) electrons. The zero-order valence-corrected chi connectivity index (χ0v) is 11.7. The summed E-state index contributed by atoms with van der Waals surface area (Å²) in [6, 6.07) is 0. The topological polar surface area (TPSA) is 9.23 Å². The van der Waals surface area contributed by atoms with Crippen LogP contribution in [0.25, 0.3) is 0 Å². The molecule has 0 aliphatic carbocycles. The number of rotatable bonds is 9. The SMILES string of the molecule is CC=C/C=C/CCCCCCCO[SiH3]. The molecule has 1 nitrogen and oxygen atoms in total. The van der Waals surface area contributed by atoms with E-state index >= 15 is 0 Å². The summed E-state index contributed by atoms with van der Waals surface area (Å²) in [6.07, 6.45) is 16.4. The third-order valence-electron chi connectivity index (χ3n) is 2.16. The van der Waals surface area contributed by atoms with E-state index in [1.54, 1.807) is 0 Å². The number of unbranched alkanes of at least 4 members (excludes halogenated alkanes) is 5. The highest BCUT2D eigenvalue weighted by Gasteiger charge is 1.88. The summed E-state index contributed by atoms with van der Waals surface area (Å²) in [5, 5.41) is 0. The second kappa shape index (κ2) is 12.7. The number of hydrogen-bond acceptors (Lipinski definition) is 1. The highest BCUT2D eigenvalue weighted by atomic mass is 28.2. The van der Waals surface area contributed by atoms with Crippen LogP contribution >= 0.6 is 0 Å². The van der Waals surface area contributed by atoms with Gasteiger partial charge in [0.1, 0.15) is 10.5 Å². The van der Waals surface area contributed by atoms with Gasteiger partial charge in [0.25, 0.3) is 0 Å². The predicted molar refractivity (Wildman–Crippen MR) is 67.5 cm³/mol. The van der Waals surface area contributed by atoms with Crippen molar-refractivity contribution in [2.24, 2.45) is 0 Å². The molecule has 0 aromatic carbocycles. The van der Waals surface area contributed by atoms with E-state index in [0.29, 0.717) is 0 Å². The van der Waals surface area contributed by atoms with Crippen molar-refractivity contribution in [3.05, 3.63) is 24.3 Å². The molecule has 82 valence electrons. The van der Waals surface area contributed by atoms with Crippen molar-refractivity contribution in [3.63, 3.8) is 0 Å². The fraction of sp³-hybridized carbons (Fsp3) is 0.667. The van der Waals surface area contributed by atoms with Gasteiger partial charge in [0.2, 0.25) is 0 Å². The van der Waals surface area contributed by atoms with E-state index in [4.69, 9.17) is 4.43 Å². The Morgan fingerprint density at radius 2 is 1.71 bits per heavy atom. The van der Waals surface area contributed by atoms with Gasteiger partial charge in [-0.05, 0) is 26.2 Å². The minimum Gasteiger partial charge on any atom is -0.428 e. The van der Waals surface area contributed by atoms with Crippen LogP contribution in [0.4, 0.5) is 0 Å². The molecule has 0 unspecified atom stereocenters. The van der Waals surface area contributed by atoms with E-state index in [0.717, 1.165) is 17.1 Å². The van der Waals surface area contributed by atoms with Crippen LogP contribution in [0.1, 0.15) is 45.4 Å². The van der Waals surface area contributed by atoms with Gasteiger partial charge in [0, 0.05) is 6.61 Å². The largest absolute Gasteiger partial charge is 0.428 e. The first kappa shape index (κ1) is 13.7. The molecule has 14 heavy (non-hydrogen) atoms. The van der Waals surface area contributed by atoms with Crippen molar-refractivity contribution in [2.45, 2.75) is 45.4 Å². The molecule has 0 aromatic heterocycles. The monoisotopic (exact) mass is 212 g/mol. The summed E-state index contributed by atoms with van der Waals surface area (Å²) >= 11 is 0. The second-order valence-electron chi connectivity index (χ2n) is 3.50. The molecule has 0 aromatic rings. The first-order valence-corrected chi connectivity index (χ1v) is 6.50. The Hall–Kier alpha value is -0.343. The molecule has 0 spiro atoms. The summed E-state index contributed by atoms with van der Waals surface area (Å²) < 4.78 is 5.13. The molecule has 0 amide bonds. The maximum Gasteiger partial charge on any atom is 0.145 e. The lowest BCUT2D eigenvalue weighted by molar-refractivity contribution is 0.333. The number of allylic oxidation sites excluding steroid dienone is 4. The lowest BCUT2D eigenvalue weighted by Gasteiger charge is -1.99. The molecule has 0 bridgehead atoms. The maximum absolute atomic E-state index is 5.13. The quantitative estimate of drug-likeness (QED) is 0.324. The zero-order chi connectivity index (χ0) is 10.5. The Kier molecular flexibility index (Phi) is 12.3. The van der Waals surface area contributed by atoms with Crippen molar-refractivity contribution in [3.8, 4) is 0 Å². The van der Waals surface area contributed by atoms with Gasteiger partial charge in [-0.1, -0.05) is 43.6 Å². The van der Waals surface area contributed by atoms with E-state index < -0.39 is 0 Å². The van der Waals surface area contributed by atoms with Crippen LogP contribution in [0, 0.1) is 0 Å². The predicted octanol–water partition coefficient (Wildman–Crippen LogP) is 2.76. The van der Waals surface area contributed by atoms with Gasteiger partial charge in [-0.15, -0.1) is 0 Å². The van der Waals surface area contributed by atoms with Crippen LogP contribution in [0.15, 0.2) is 24.3 Å². The van der Waals surface area contributed by atoms with Crippen molar-refractivity contribution in [2.75, 3.05) is 6.61 Å². The van der Waals surface area contributed by atoms with Crippen LogP contribution in [-0.4, -0.2) is 17.1 Å². The summed E-state index contributed by atoms with van der Waals surface area (Å²) in [5.41, 5.74) is 0. The molecule has 2 heteroatoms. The minimum atomic E-state index is 0.894. The van der Waals surface area contributed by atoms with E-state index in [2.05, 4.69) is 24.3 Å². The molecule has 0 N–H and O–H groups in total. The first-order chi connectivity index (χ1) is 6.91. The first-order valence-electron chi connectivity index (χ1n) is 5.68. The fourth-order valence-corrected chi connectivity index (χ4v) is 1.61. The molecule has 0 rings (SSSR count). The highest BCUT2D eigenvalue weighted by Crippen LogP contribution is 2.05. The Bertz CT molecular complexity index is 152. The Balaban J connectivity index is 2.98. The van der Waals surface area contributed by atoms with Gasteiger partial charge in [-0.3, -0.25) is 0 Å². The summed E-state index contributed by atoms with van der Waals surface area (Å²) in [5.74, 6) is 0. The van der Waals surface area contributed by atoms with Crippen molar-refractivity contribution < 1.29 is 4.43 Å². The molecule has 0 saturated carbocycles. The molecule has 0 atom stereocenters. The minimum absolute atomic E-state index is 0.894. The zero-order valence-electron chi connectivity index (χ0n) is 9.67. The third kappa shape index (κ3) is 11.7. The average Bonchev–Trinajstić information content (AvgIpc) is 2.21. The molecule has 0 aliphatic heterocycles. The highest BCUT2D eigenvalue weighted by molar-refractivity contribution is 5.97. The van der Waals surface area contributed by atoms with Crippen molar-refractivity contribution >= 4 is 10.5 Å². The van der Waals surface area contributed by atoms with Crippen LogP contribution < -0.4 is 0 Å². The van der Waals surface area contributed by atoms with Gasteiger partial charge in [0.05, 0.1) is 0 Å². The van der Waals surface area contributed by atoms with Gasteiger partial charge in [-0.25, -0.2) is 0 Å². The molecule has 0 saturated heterocycles. The van der Waals surface area contributed by atoms with E-state index in [9.17, 15) is 0 Å². The lowest BCUT2D eigenvalue weighted by Crippen LogP contribution is -1.89. The Labute approximate surface area is 91.8 Å². The summed E-state index contributed by atoms with van der Waals surface area (Å²) in [4.78, 5) is 0. The average molecular weight is 212 g/mol. The number of hydrogen-bond donors (Lipinski definition) is 0. The molecule has 0 fully saturated rings. The normalized spacial score (nSPS) is 12.1. The van der Waals surface area contributed by atoms with Crippen LogP contribution in [0.5, 0.6) is 0 Å². The second-order valence-corrected chi connectivity index (χ2v) is 4.08. The van der Waals surface area contributed by atoms with Crippen molar-refractivity contribution in [1.82, 2.24) is 0 Å². The van der Waals surface area contributed by atoms with Gasteiger partial charge in [0.15, 0.2) is 0 Å². The fourth-order valence-electron chi connectivity index (χ4n) is 1.32. The lowest BCUT2D eigenvalue weighted by atomic mass is 10.1. The Morgan fingerprint density at radius 3 is 2.43 bits per heavy atom. The molecule has 0 heterocycles. The third-order valence-corrected chi connectivity index (χ3v) is 2.57. The van der Waals surface area contributed by atoms with Crippen LogP contribution in [0.2, 0.25) is 0 Å². The standard InChI is InChI=1S/C12H24OSi/c1-2-3-4-5-6-7-8-9-10-11-12-13-14/h2-5H,6-12H2,1,14H3/b3-2?,5-4+. The van der Waals surface area contributed by atoms with Crippen molar-refractivity contribution in [1.29, 1.82) is 0 Å². The smallest absolute Gasteiger partial charge is 0.145 e. The van der Waals surface area contributed by atoms with Crippen LogP contribution in [-0.2, 0) is 4.43 Å². The molecular formula is C12H24OSi. The Morgan fingerprint density at radius 1 is 1.00 bits per heavy atom. The van der Waals surface area contributed by atoms with E-state index in [1.807, 2.05) is 6.92 Å². The van der Waals surface area contributed by atoms with Gasteiger partial charge < -0.3 is 4.43 Å². The van der Waals surface area contributed by atoms with Gasteiger partial charge >= 0.3 is 0 Å². The van der Waals surface area contributed by atoms with E-state index in [-0.39, 0.29) is 0 Å². The summed E-state index contributed by atoms with van der Waals surface area (Å²) in [7, 11) is 0.894. The molecular weight excluding hydrogens is 188 g/mol. The van der Waals surface area contributed by atoms with Gasteiger partial charge in [-0.2, -0.15) is 0 Å². The van der Waals surface area contributed by atoms with E-state index in [1.165, 1.54) is 38.5 Å². The van der Waals surface area contributed by atoms with Crippen LogP contribution in [0.3, 0.4) is 0 Å². The maximum atomic E-state index is 5.13.